The van der Waals surface area contributed by atoms with Gasteiger partial charge in [0, 0.05) is 24.9 Å². The van der Waals surface area contributed by atoms with Crippen LogP contribution in [0.2, 0.25) is 0 Å². The van der Waals surface area contributed by atoms with Crippen molar-refractivity contribution in [1.29, 1.82) is 0 Å². The van der Waals surface area contributed by atoms with Gasteiger partial charge in [-0.3, -0.25) is 24.3 Å². The van der Waals surface area contributed by atoms with Crippen molar-refractivity contribution in [3.05, 3.63) is 29.6 Å². The Bertz CT molecular complexity index is 714. The van der Waals surface area contributed by atoms with Crippen LogP contribution in [-0.2, 0) is 19.2 Å². The van der Waals surface area contributed by atoms with Crippen molar-refractivity contribution in [1.82, 2.24) is 9.88 Å². The average Bonchev–Trinajstić information content (AvgIpc) is 3.00. The largest absolute Gasteiger partial charge is 0.481 e. The molecule has 1 atom stereocenters. The minimum absolute atomic E-state index is 0.605. The molecule has 1 aliphatic heterocycles. The number of hydrogen-bond acceptors (Lipinski definition) is 7. The van der Waals surface area contributed by atoms with Gasteiger partial charge in [0.05, 0.1) is 12.8 Å². The number of rotatable bonds is 6. The van der Waals surface area contributed by atoms with E-state index in [0.717, 1.165) is 12.6 Å². The second-order valence-corrected chi connectivity index (χ2v) is 6.87. The van der Waals surface area contributed by atoms with Crippen LogP contribution in [0.1, 0.15) is 49.9 Å². The highest BCUT2D eigenvalue weighted by Gasteiger charge is 2.40. The summed E-state index contributed by atoms with van der Waals surface area (Å²) in [6.45, 7) is 4.33. The lowest BCUT2D eigenvalue weighted by molar-refractivity contribution is -0.170. The van der Waals surface area contributed by atoms with Gasteiger partial charge in [-0.25, -0.2) is 4.79 Å². The van der Waals surface area contributed by atoms with Crippen molar-refractivity contribution < 1.29 is 44.7 Å². The number of aliphatic hydroxyl groups is 1. The minimum atomic E-state index is -2.74. The molecular weight excluding hydrogens is 400 g/mol. The number of carboxylic acids is 4. The Morgan fingerprint density at radius 1 is 1.10 bits per heavy atom. The third-order valence-electron chi connectivity index (χ3n) is 4.12. The third-order valence-corrected chi connectivity index (χ3v) is 4.12. The molecule has 1 saturated heterocycles. The fourth-order valence-corrected chi connectivity index (χ4v) is 2.72. The fourth-order valence-electron chi connectivity index (χ4n) is 2.72. The van der Waals surface area contributed by atoms with Gasteiger partial charge in [-0.05, 0) is 45.0 Å². The highest BCUT2D eigenvalue weighted by molar-refractivity contribution is 5.88. The predicted octanol–water partition coefficient (Wildman–Crippen LogP) is 0.999. The Morgan fingerprint density at radius 2 is 1.60 bits per heavy atom. The first-order valence-corrected chi connectivity index (χ1v) is 9.00. The summed E-state index contributed by atoms with van der Waals surface area (Å²) in [4.78, 5) is 46.2. The molecule has 11 nitrogen and oxygen atoms in total. The molecule has 0 bridgehead atoms. The molecule has 168 valence electrons. The molecule has 1 aromatic rings. The van der Waals surface area contributed by atoms with Crippen LogP contribution >= 0.6 is 0 Å². The second-order valence-electron chi connectivity index (χ2n) is 6.87. The van der Waals surface area contributed by atoms with Gasteiger partial charge in [0.1, 0.15) is 0 Å². The first-order chi connectivity index (χ1) is 13.8. The monoisotopic (exact) mass is 428 g/mol. The Kier molecular flexibility index (Phi) is 11.2. The molecule has 2 heterocycles. The van der Waals surface area contributed by atoms with E-state index in [-0.39, 0.29) is 0 Å². The van der Waals surface area contributed by atoms with Gasteiger partial charge in [0.15, 0.2) is 5.60 Å². The summed E-state index contributed by atoms with van der Waals surface area (Å²) >= 11 is 0. The molecule has 1 fully saturated rings. The molecule has 11 heteroatoms. The number of nitrogens with zero attached hydrogens (tertiary/aromatic N) is 2. The van der Waals surface area contributed by atoms with Crippen molar-refractivity contribution in [3.8, 4) is 0 Å². The van der Waals surface area contributed by atoms with Crippen LogP contribution in [0.3, 0.4) is 0 Å². The van der Waals surface area contributed by atoms with Crippen LogP contribution in [0.25, 0.3) is 0 Å². The second kappa shape index (κ2) is 12.5. The Hall–Kier alpha value is -3.05. The summed E-state index contributed by atoms with van der Waals surface area (Å²) in [6.07, 6.45) is 2.32. The molecule has 0 spiro atoms. The van der Waals surface area contributed by atoms with Gasteiger partial charge in [-0.15, -0.1) is 0 Å². The normalized spacial score (nSPS) is 15.8. The number of pyridine rings is 1. The zero-order valence-electron chi connectivity index (χ0n) is 17.1. The van der Waals surface area contributed by atoms with Gasteiger partial charge in [-0.1, -0.05) is 6.07 Å². The van der Waals surface area contributed by atoms with E-state index in [1.807, 2.05) is 13.1 Å². The SMILES string of the molecule is CC(=O)O.Cc1ccc([C@@H]2CCCN2C)cn1.O=C(O)CC(O)(CC(=O)O)C(=O)O. The Labute approximate surface area is 173 Å². The van der Waals surface area contributed by atoms with E-state index in [0.29, 0.717) is 6.04 Å². The van der Waals surface area contributed by atoms with E-state index in [9.17, 15) is 14.4 Å². The van der Waals surface area contributed by atoms with Crippen LogP contribution in [0, 0.1) is 6.92 Å². The molecule has 1 aliphatic rings. The number of aliphatic carboxylic acids is 4. The van der Waals surface area contributed by atoms with E-state index < -0.39 is 42.3 Å². The number of aromatic nitrogens is 1. The lowest BCUT2D eigenvalue weighted by atomic mass is 9.96. The number of likely N-dealkylation sites (tertiary alicyclic amines) is 1. The quantitative estimate of drug-likeness (QED) is 0.435. The molecule has 0 amide bonds. The van der Waals surface area contributed by atoms with Crippen LogP contribution < -0.4 is 0 Å². The summed E-state index contributed by atoms with van der Waals surface area (Å²) in [7, 11) is 2.19. The molecule has 5 N–H and O–H groups in total. The highest BCUT2D eigenvalue weighted by Crippen LogP contribution is 2.29. The Morgan fingerprint density at radius 3 is 1.90 bits per heavy atom. The average molecular weight is 428 g/mol. The van der Waals surface area contributed by atoms with Crippen LogP contribution in [0.5, 0.6) is 0 Å². The zero-order valence-corrected chi connectivity index (χ0v) is 17.1. The van der Waals surface area contributed by atoms with Crippen LogP contribution in [0.4, 0.5) is 0 Å². The van der Waals surface area contributed by atoms with Crippen molar-refractivity contribution >= 4 is 23.9 Å². The van der Waals surface area contributed by atoms with E-state index in [1.54, 1.807) is 0 Å². The number of carbonyl (C=O) groups is 4. The van der Waals surface area contributed by atoms with Gasteiger partial charge in [0.2, 0.25) is 0 Å². The summed E-state index contributed by atoms with van der Waals surface area (Å²) in [6, 6.07) is 4.91. The van der Waals surface area contributed by atoms with Crippen LogP contribution in [-0.4, -0.2) is 78.5 Å². The summed E-state index contributed by atoms with van der Waals surface area (Å²) in [5.41, 5.74) is -0.271. The Balaban J connectivity index is 0.000000477. The van der Waals surface area contributed by atoms with Crippen molar-refractivity contribution in [2.24, 2.45) is 0 Å². The molecule has 30 heavy (non-hydrogen) atoms. The maximum absolute atomic E-state index is 10.3. The standard InChI is InChI=1S/C11H16N2.C6H8O7.C2H4O2/c1-9-5-6-10(8-12-9)11-4-3-7-13(11)2;7-3(8)1-6(13,5(11)12)2-4(9)10;1-2(3)4/h5-6,8,11H,3-4,7H2,1-2H3;13H,1-2H2,(H,7,8)(H,9,10)(H,11,12);1H3,(H,3,4)/t11-;;/m0../s1. The first-order valence-electron chi connectivity index (χ1n) is 9.00. The van der Waals surface area contributed by atoms with Gasteiger partial charge in [0.25, 0.3) is 5.97 Å². The van der Waals surface area contributed by atoms with Crippen molar-refractivity contribution in [2.75, 3.05) is 13.6 Å². The van der Waals surface area contributed by atoms with E-state index >= 15 is 0 Å². The number of carboxylic acid groups (broad SMARTS) is 4. The smallest absolute Gasteiger partial charge is 0.336 e. The van der Waals surface area contributed by atoms with Crippen LogP contribution in [0.15, 0.2) is 18.3 Å². The van der Waals surface area contributed by atoms with Gasteiger partial charge in [-0.2, -0.15) is 0 Å². The molecule has 0 radical (unpaired) electrons. The minimum Gasteiger partial charge on any atom is -0.481 e. The molecule has 0 unspecified atom stereocenters. The van der Waals surface area contributed by atoms with Gasteiger partial charge >= 0.3 is 17.9 Å². The third kappa shape index (κ3) is 10.5. The predicted molar refractivity (Wildman–Crippen MR) is 104 cm³/mol. The molecule has 2 rings (SSSR count). The molecule has 1 aromatic heterocycles. The molecule has 0 aliphatic carbocycles. The summed E-state index contributed by atoms with van der Waals surface area (Å²) in [5, 5.41) is 41.2. The zero-order chi connectivity index (χ0) is 23.5. The topological polar surface area (TPSA) is 186 Å². The van der Waals surface area contributed by atoms with E-state index in [1.165, 1.54) is 24.9 Å². The summed E-state index contributed by atoms with van der Waals surface area (Å²) in [5.74, 6) is -5.85. The van der Waals surface area contributed by atoms with E-state index in [2.05, 4.69) is 29.1 Å². The molecule has 0 saturated carbocycles. The summed E-state index contributed by atoms with van der Waals surface area (Å²) < 4.78 is 0. The van der Waals surface area contributed by atoms with Gasteiger partial charge < -0.3 is 25.5 Å². The lowest BCUT2D eigenvalue weighted by Crippen LogP contribution is -2.42. The van der Waals surface area contributed by atoms with Crippen molar-refractivity contribution in [3.63, 3.8) is 0 Å². The lowest BCUT2D eigenvalue weighted by Gasteiger charge is -2.19. The number of aryl methyl sites for hydroxylation is 1. The molecular formula is C19H28N2O9. The molecule has 0 aromatic carbocycles. The van der Waals surface area contributed by atoms with Crippen molar-refractivity contribution in [2.45, 2.75) is 51.2 Å². The number of hydrogen-bond donors (Lipinski definition) is 5. The maximum atomic E-state index is 10.3. The first kappa shape index (κ1) is 27.0. The van der Waals surface area contributed by atoms with E-state index in [4.69, 9.17) is 30.3 Å². The fraction of sp³-hybridized carbons (Fsp3) is 0.526. The highest BCUT2D eigenvalue weighted by atomic mass is 16.4. The maximum Gasteiger partial charge on any atom is 0.336 e.